The van der Waals surface area contributed by atoms with Gasteiger partial charge in [-0.25, -0.2) is 0 Å². The number of nitrogens with one attached hydrogen (secondary N) is 1. The second-order valence-corrected chi connectivity index (χ2v) is 5.06. The number of hydrogen-bond acceptors (Lipinski definition) is 3. The van der Waals surface area contributed by atoms with Crippen molar-refractivity contribution in [3.05, 3.63) is 0 Å². The molecule has 0 aromatic heterocycles. The van der Waals surface area contributed by atoms with E-state index in [1.807, 2.05) is 7.05 Å². The maximum absolute atomic E-state index is 11.1. The second kappa shape index (κ2) is 4.49. The van der Waals surface area contributed by atoms with E-state index in [1.165, 1.54) is 6.42 Å². The number of carboxylic acid groups (broad SMARTS) is 1. The van der Waals surface area contributed by atoms with Gasteiger partial charge in [0.15, 0.2) is 0 Å². The van der Waals surface area contributed by atoms with Gasteiger partial charge < -0.3 is 15.3 Å². The number of carboxylic acids is 1. The summed E-state index contributed by atoms with van der Waals surface area (Å²) in [6, 6.07) is 0. The molecule has 0 aromatic carbocycles. The summed E-state index contributed by atoms with van der Waals surface area (Å²) in [7, 11) is 3.69. The number of likely N-dealkylation sites (N-methyl/N-ethyl adjacent to an activating group) is 2. The van der Waals surface area contributed by atoms with Crippen LogP contribution in [0.4, 0.5) is 0 Å². The maximum atomic E-state index is 11.1. The van der Waals surface area contributed by atoms with Crippen LogP contribution in [0.2, 0.25) is 0 Å². The van der Waals surface area contributed by atoms with Crippen molar-refractivity contribution in [2.24, 2.45) is 11.8 Å². The molecule has 1 rings (SSSR count). The van der Waals surface area contributed by atoms with Gasteiger partial charge in [-0.3, -0.25) is 4.79 Å². The van der Waals surface area contributed by atoms with Crippen LogP contribution >= 0.6 is 0 Å². The molecule has 1 aliphatic rings. The summed E-state index contributed by atoms with van der Waals surface area (Å²) in [5, 5.41) is 12.0. The summed E-state index contributed by atoms with van der Waals surface area (Å²) >= 11 is 0. The van der Waals surface area contributed by atoms with E-state index in [9.17, 15) is 4.79 Å². The number of aliphatic carboxylic acids is 1. The van der Waals surface area contributed by atoms with Crippen molar-refractivity contribution < 1.29 is 9.90 Å². The molecular formula is C11H22N2O2. The van der Waals surface area contributed by atoms with Gasteiger partial charge in [0, 0.05) is 13.1 Å². The lowest BCUT2D eigenvalue weighted by Gasteiger charge is -2.29. The molecule has 1 fully saturated rings. The highest BCUT2D eigenvalue weighted by molar-refractivity contribution is 5.78. The molecule has 0 heterocycles. The highest BCUT2D eigenvalue weighted by Crippen LogP contribution is 2.38. The minimum absolute atomic E-state index is 0.544. The van der Waals surface area contributed by atoms with Crippen LogP contribution in [0, 0.1) is 11.8 Å². The smallest absolute Gasteiger partial charge is 0.324 e. The molecule has 0 bridgehead atoms. The van der Waals surface area contributed by atoms with Crippen LogP contribution in [-0.4, -0.2) is 48.7 Å². The van der Waals surface area contributed by atoms with Gasteiger partial charge >= 0.3 is 5.97 Å². The Hall–Kier alpha value is -0.610. The highest BCUT2D eigenvalue weighted by atomic mass is 16.4. The molecule has 88 valence electrons. The maximum Gasteiger partial charge on any atom is 0.324 e. The van der Waals surface area contributed by atoms with E-state index in [1.54, 1.807) is 14.0 Å². The summed E-state index contributed by atoms with van der Waals surface area (Å²) < 4.78 is 0. The lowest BCUT2D eigenvalue weighted by atomic mass is 10.0. The van der Waals surface area contributed by atoms with Crippen LogP contribution in [0.15, 0.2) is 0 Å². The molecule has 2 N–H and O–H groups in total. The van der Waals surface area contributed by atoms with Gasteiger partial charge in [-0.1, -0.05) is 6.92 Å². The van der Waals surface area contributed by atoms with Gasteiger partial charge in [0.25, 0.3) is 0 Å². The Morgan fingerprint density at radius 2 is 2.20 bits per heavy atom. The van der Waals surface area contributed by atoms with E-state index in [0.717, 1.165) is 18.4 Å². The van der Waals surface area contributed by atoms with Crippen LogP contribution < -0.4 is 5.32 Å². The molecule has 0 aliphatic heterocycles. The first kappa shape index (κ1) is 12.5. The zero-order valence-electron chi connectivity index (χ0n) is 10.1. The molecule has 1 aliphatic carbocycles. The Bertz CT molecular complexity index is 245. The standard InChI is InChI=1S/C11H22N2O2/c1-8-5-9(8)6-13(4)7-11(2,12-3)10(14)15/h8-9,12H,5-7H2,1-4H3,(H,14,15). The summed E-state index contributed by atoms with van der Waals surface area (Å²) in [5.41, 5.74) is -0.840. The number of rotatable bonds is 6. The van der Waals surface area contributed by atoms with Crippen LogP contribution in [-0.2, 0) is 4.79 Å². The van der Waals surface area contributed by atoms with Crippen molar-refractivity contribution >= 4 is 5.97 Å². The Kier molecular flexibility index (Phi) is 3.73. The van der Waals surface area contributed by atoms with Gasteiger partial charge in [0.2, 0.25) is 0 Å². The van der Waals surface area contributed by atoms with Gasteiger partial charge in [-0.15, -0.1) is 0 Å². The second-order valence-electron chi connectivity index (χ2n) is 5.06. The molecule has 3 atom stereocenters. The predicted octanol–water partition coefficient (Wildman–Crippen LogP) is 0.637. The normalized spacial score (nSPS) is 28.9. The largest absolute Gasteiger partial charge is 0.480 e. The van der Waals surface area contributed by atoms with E-state index >= 15 is 0 Å². The Morgan fingerprint density at radius 3 is 2.53 bits per heavy atom. The van der Waals surface area contributed by atoms with Gasteiger partial charge in [0.1, 0.15) is 5.54 Å². The number of nitrogens with zero attached hydrogens (tertiary/aromatic N) is 1. The van der Waals surface area contributed by atoms with E-state index in [0.29, 0.717) is 6.54 Å². The molecule has 4 heteroatoms. The van der Waals surface area contributed by atoms with Crippen molar-refractivity contribution in [3.8, 4) is 0 Å². The number of carbonyl (C=O) groups is 1. The molecule has 15 heavy (non-hydrogen) atoms. The van der Waals surface area contributed by atoms with Crippen molar-refractivity contribution in [3.63, 3.8) is 0 Å². The SMILES string of the molecule is CNC(C)(CN(C)CC1CC1C)C(=O)O. The van der Waals surface area contributed by atoms with Crippen molar-refractivity contribution in [2.75, 3.05) is 27.2 Å². The fraction of sp³-hybridized carbons (Fsp3) is 0.909. The molecule has 0 radical (unpaired) electrons. The van der Waals surface area contributed by atoms with Gasteiger partial charge in [0.05, 0.1) is 0 Å². The van der Waals surface area contributed by atoms with Crippen molar-refractivity contribution in [2.45, 2.75) is 25.8 Å². The average molecular weight is 214 g/mol. The van der Waals surface area contributed by atoms with E-state index < -0.39 is 11.5 Å². The molecule has 0 amide bonds. The zero-order chi connectivity index (χ0) is 11.6. The van der Waals surface area contributed by atoms with Crippen LogP contribution in [0.1, 0.15) is 20.3 Å². The molecule has 4 nitrogen and oxygen atoms in total. The van der Waals surface area contributed by atoms with E-state index in [4.69, 9.17) is 5.11 Å². The molecule has 0 aromatic rings. The molecule has 3 unspecified atom stereocenters. The summed E-state index contributed by atoms with van der Waals surface area (Å²) in [4.78, 5) is 13.2. The van der Waals surface area contributed by atoms with E-state index in [2.05, 4.69) is 17.1 Å². The third-order valence-electron chi connectivity index (χ3n) is 3.43. The van der Waals surface area contributed by atoms with Crippen LogP contribution in [0.25, 0.3) is 0 Å². The van der Waals surface area contributed by atoms with Gasteiger partial charge in [-0.05, 0) is 39.3 Å². The first-order valence-electron chi connectivity index (χ1n) is 5.50. The average Bonchev–Trinajstić information content (AvgIpc) is 2.80. The fourth-order valence-electron chi connectivity index (χ4n) is 1.91. The monoisotopic (exact) mass is 214 g/mol. The molecular weight excluding hydrogens is 192 g/mol. The number of hydrogen-bond donors (Lipinski definition) is 2. The third-order valence-corrected chi connectivity index (χ3v) is 3.43. The van der Waals surface area contributed by atoms with Gasteiger partial charge in [-0.2, -0.15) is 0 Å². The first-order valence-corrected chi connectivity index (χ1v) is 5.50. The molecule has 0 saturated heterocycles. The lowest BCUT2D eigenvalue weighted by molar-refractivity contribution is -0.144. The minimum Gasteiger partial charge on any atom is -0.480 e. The Balaban J connectivity index is 2.40. The van der Waals surface area contributed by atoms with Crippen LogP contribution in [0.3, 0.4) is 0 Å². The van der Waals surface area contributed by atoms with Crippen molar-refractivity contribution in [1.29, 1.82) is 0 Å². The highest BCUT2D eigenvalue weighted by Gasteiger charge is 2.37. The topological polar surface area (TPSA) is 52.6 Å². The zero-order valence-corrected chi connectivity index (χ0v) is 10.1. The predicted molar refractivity (Wildman–Crippen MR) is 59.9 cm³/mol. The van der Waals surface area contributed by atoms with E-state index in [-0.39, 0.29) is 0 Å². The van der Waals surface area contributed by atoms with Crippen LogP contribution in [0.5, 0.6) is 0 Å². The quantitative estimate of drug-likeness (QED) is 0.681. The Labute approximate surface area is 91.6 Å². The molecule has 0 spiro atoms. The lowest BCUT2D eigenvalue weighted by Crippen LogP contribution is -2.55. The third kappa shape index (κ3) is 3.18. The first-order chi connectivity index (χ1) is 6.89. The Morgan fingerprint density at radius 1 is 1.67 bits per heavy atom. The summed E-state index contributed by atoms with van der Waals surface area (Å²) in [6.45, 7) is 5.52. The molecule has 1 saturated carbocycles. The fourth-order valence-corrected chi connectivity index (χ4v) is 1.91. The summed E-state index contributed by atoms with van der Waals surface area (Å²) in [6.07, 6.45) is 1.29. The summed E-state index contributed by atoms with van der Waals surface area (Å²) in [5.74, 6) is 0.795. The van der Waals surface area contributed by atoms with Crippen molar-refractivity contribution in [1.82, 2.24) is 10.2 Å². The minimum atomic E-state index is -0.840.